The predicted molar refractivity (Wildman–Crippen MR) is 61.1 cm³/mol. The van der Waals surface area contributed by atoms with Crippen LogP contribution in [0.1, 0.15) is 13.3 Å². The Morgan fingerprint density at radius 2 is 1.88 bits per heavy atom. The van der Waals surface area contributed by atoms with Crippen molar-refractivity contribution in [2.45, 2.75) is 13.3 Å². The zero-order valence-electron chi connectivity index (χ0n) is 9.52. The minimum Gasteiger partial charge on any atom is -0.315 e. The first-order valence-electron chi connectivity index (χ1n) is 5.51. The van der Waals surface area contributed by atoms with E-state index in [1.165, 1.54) is 29.2 Å². The maximum Gasteiger partial charge on any atom is 0.331 e. The number of hydrogen-bond acceptors (Lipinski definition) is 2. The fourth-order valence-corrected chi connectivity index (χ4v) is 1.84. The molecule has 1 fully saturated rings. The summed E-state index contributed by atoms with van der Waals surface area (Å²) in [4.78, 5) is 26.2. The van der Waals surface area contributed by atoms with E-state index in [9.17, 15) is 14.0 Å². The van der Waals surface area contributed by atoms with E-state index in [4.69, 9.17) is 0 Å². The summed E-state index contributed by atoms with van der Waals surface area (Å²) in [6.45, 7) is 2.60. The van der Waals surface area contributed by atoms with Gasteiger partial charge in [0, 0.05) is 6.54 Å². The third-order valence-corrected chi connectivity index (χ3v) is 2.62. The molecule has 0 N–H and O–H groups in total. The molecule has 0 aromatic heterocycles. The maximum absolute atomic E-state index is 12.8. The van der Waals surface area contributed by atoms with Gasteiger partial charge in [0.2, 0.25) is 0 Å². The van der Waals surface area contributed by atoms with Crippen LogP contribution >= 0.6 is 0 Å². The van der Waals surface area contributed by atoms with Crippen LogP contribution in [0.2, 0.25) is 0 Å². The van der Waals surface area contributed by atoms with Gasteiger partial charge in [-0.05, 0) is 30.7 Å². The van der Waals surface area contributed by atoms with Gasteiger partial charge in [-0.1, -0.05) is 6.92 Å². The van der Waals surface area contributed by atoms with Gasteiger partial charge in [-0.3, -0.25) is 4.79 Å². The van der Waals surface area contributed by atoms with Crippen LogP contribution in [0.15, 0.2) is 24.3 Å². The highest BCUT2D eigenvalue weighted by molar-refractivity contribution is 6.19. The molecule has 0 bridgehead atoms. The second kappa shape index (κ2) is 4.53. The van der Waals surface area contributed by atoms with Crippen LogP contribution in [-0.2, 0) is 4.79 Å². The number of benzene rings is 1. The zero-order chi connectivity index (χ0) is 12.4. The van der Waals surface area contributed by atoms with Crippen molar-refractivity contribution in [2.24, 2.45) is 0 Å². The number of rotatable bonds is 3. The van der Waals surface area contributed by atoms with Gasteiger partial charge in [-0.25, -0.2) is 14.1 Å². The quantitative estimate of drug-likeness (QED) is 0.753. The van der Waals surface area contributed by atoms with E-state index in [2.05, 4.69) is 0 Å². The molecule has 0 atom stereocenters. The third kappa shape index (κ3) is 2.13. The van der Waals surface area contributed by atoms with Crippen LogP contribution in [0.3, 0.4) is 0 Å². The lowest BCUT2D eigenvalue weighted by molar-refractivity contribution is -0.116. The molecule has 3 amide bonds. The molecule has 4 nitrogen and oxygen atoms in total. The number of imide groups is 1. The van der Waals surface area contributed by atoms with Crippen molar-refractivity contribution >= 4 is 17.6 Å². The first-order chi connectivity index (χ1) is 8.13. The van der Waals surface area contributed by atoms with Gasteiger partial charge in [0.25, 0.3) is 5.91 Å². The lowest BCUT2D eigenvalue weighted by atomic mass is 10.3. The number of anilines is 1. The van der Waals surface area contributed by atoms with Crippen molar-refractivity contribution in [3.05, 3.63) is 30.1 Å². The van der Waals surface area contributed by atoms with Crippen LogP contribution < -0.4 is 4.90 Å². The van der Waals surface area contributed by atoms with E-state index in [1.807, 2.05) is 6.92 Å². The van der Waals surface area contributed by atoms with Crippen LogP contribution in [-0.4, -0.2) is 29.9 Å². The van der Waals surface area contributed by atoms with E-state index in [1.54, 1.807) is 0 Å². The SMILES string of the molecule is CCCN1CC(=O)N(c2ccc(F)cc2)C1=O. The van der Waals surface area contributed by atoms with Crippen molar-refractivity contribution in [1.29, 1.82) is 0 Å². The molecule has 1 aliphatic heterocycles. The number of halogens is 1. The Morgan fingerprint density at radius 1 is 1.24 bits per heavy atom. The highest BCUT2D eigenvalue weighted by Crippen LogP contribution is 2.21. The number of urea groups is 1. The zero-order valence-corrected chi connectivity index (χ0v) is 9.52. The standard InChI is InChI=1S/C12H13FN2O2/c1-2-7-14-8-11(16)15(12(14)17)10-5-3-9(13)4-6-10/h3-6H,2,7-8H2,1H3. The highest BCUT2D eigenvalue weighted by Gasteiger charge is 2.36. The van der Waals surface area contributed by atoms with E-state index < -0.39 is 5.82 Å². The molecule has 1 aromatic rings. The van der Waals surface area contributed by atoms with E-state index >= 15 is 0 Å². The topological polar surface area (TPSA) is 40.6 Å². The first kappa shape index (κ1) is 11.6. The van der Waals surface area contributed by atoms with Crippen molar-refractivity contribution in [1.82, 2.24) is 4.90 Å². The normalized spacial score (nSPS) is 15.9. The van der Waals surface area contributed by atoms with Crippen LogP contribution in [0.5, 0.6) is 0 Å². The molecule has 1 aliphatic rings. The number of amides is 3. The highest BCUT2D eigenvalue weighted by atomic mass is 19.1. The number of carbonyl (C=O) groups is 2. The van der Waals surface area contributed by atoms with Crippen molar-refractivity contribution in [3.8, 4) is 0 Å². The third-order valence-electron chi connectivity index (χ3n) is 2.62. The maximum atomic E-state index is 12.8. The van der Waals surface area contributed by atoms with Crippen LogP contribution in [0.4, 0.5) is 14.9 Å². The molecule has 2 rings (SSSR count). The Bertz CT molecular complexity index is 444. The van der Waals surface area contributed by atoms with Crippen LogP contribution in [0.25, 0.3) is 0 Å². The van der Waals surface area contributed by atoms with Crippen LogP contribution in [0, 0.1) is 5.82 Å². The van der Waals surface area contributed by atoms with Gasteiger partial charge < -0.3 is 4.90 Å². The van der Waals surface area contributed by atoms with Crippen molar-refractivity contribution in [3.63, 3.8) is 0 Å². The summed E-state index contributed by atoms with van der Waals surface area (Å²) < 4.78 is 12.8. The smallest absolute Gasteiger partial charge is 0.315 e. The molecule has 0 saturated carbocycles. The average Bonchev–Trinajstić information content (AvgIpc) is 2.57. The first-order valence-corrected chi connectivity index (χ1v) is 5.51. The largest absolute Gasteiger partial charge is 0.331 e. The molecule has 0 unspecified atom stereocenters. The summed E-state index contributed by atoms with van der Waals surface area (Å²) in [5, 5.41) is 0. The van der Waals surface area contributed by atoms with Gasteiger partial charge in [0.05, 0.1) is 5.69 Å². The number of hydrogen-bond donors (Lipinski definition) is 0. The van der Waals surface area contributed by atoms with E-state index in [0.717, 1.165) is 11.3 Å². The second-order valence-electron chi connectivity index (χ2n) is 3.91. The van der Waals surface area contributed by atoms with Gasteiger partial charge in [-0.2, -0.15) is 0 Å². The molecular formula is C12H13FN2O2. The monoisotopic (exact) mass is 236 g/mol. The lowest BCUT2D eigenvalue weighted by Gasteiger charge is -2.16. The van der Waals surface area contributed by atoms with E-state index in [-0.39, 0.29) is 18.5 Å². The van der Waals surface area contributed by atoms with E-state index in [0.29, 0.717) is 12.2 Å². The van der Waals surface area contributed by atoms with Crippen molar-refractivity contribution < 1.29 is 14.0 Å². The fourth-order valence-electron chi connectivity index (χ4n) is 1.84. The molecule has 5 heteroatoms. The minimum atomic E-state index is -0.391. The molecule has 0 spiro atoms. The summed E-state index contributed by atoms with van der Waals surface area (Å²) in [7, 11) is 0. The Labute approximate surface area is 98.6 Å². The Balaban J connectivity index is 2.24. The van der Waals surface area contributed by atoms with Gasteiger partial charge in [0.1, 0.15) is 12.4 Å². The molecular weight excluding hydrogens is 223 g/mol. The Hall–Kier alpha value is -1.91. The average molecular weight is 236 g/mol. The second-order valence-corrected chi connectivity index (χ2v) is 3.91. The summed E-state index contributed by atoms with van der Waals surface area (Å²) in [5.74, 6) is -0.659. The number of carbonyl (C=O) groups excluding carboxylic acids is 2. The molecule has 0 radical (unpaired) electrons. The molecule has 90 valence electrons. The fraction of sp³-hybridized carbons (Fsp3) is 0.333. The summed E-state index contributed by atoms with van der Waals surface area (Å²) in [5.41, 5.74) is 0.417. The summed E-state index contributed by atoms with van der Waals surface area (Å²) in [6, 6.07) is 5.00. The molecule has 1 aromatic carbocycles. The molecule has 0 aliphatic carbocycles. The molecule has 1 heterocycles. The number of nitrogens with zero attached hydrogens (tertiary/aromatic N) is 2. The summed E-state index contributed by atoms with van der Waals surface area (Å²) in [6.07, 6.45) is 0.802. The molecule has 1 saturated heterocycles. The Kier molecular flexibility index (Phi) is 3.08. The van der Waals surface area contributed by atoms with Crippen molar-refractivity contribution in [2.75, 3.05) is 18.0 Å². The lowest BCUT2D eigenvalue weighted by Crippen LogP contribution is -2.33. The predicted octanol–water partition coefficient (Wildman–Crippen LogP) is 2.00. The molecule has 17 heavy (non-hydrogen) atoms. The minimum absolute atomic E-state index is 0.101. The van der Waals surface area contributed by atoms with Gasteiger partial charge in [0.15, 0.2) is 0 Å². The summed E-state index contributed by atoms with van der Waals surface area (Å²) >= 11 is 0. The Morgan fingerprint density at radius 3 is 2.47 bits per heavy atom. The van der Waals surface area contributed by atoms with Gasteiger partial charge >= 0.3 is 6.03 Å². The van der Waals surface area contributed by atoms with Gasteiger partial charge in [-0.15, -0.1) is 0 Å².